The van der Waals surface area contributed by atoms with Crippen molar-refractivity contribution in [2.45, 2.75) is 65.5 Å². The van der Waals surface area contributed by atoms with Crippen LogP contribution in [0.2, 0.25) is 0 Å². The molecule has 0 aromatic rings. The molecular weight excluding hydrogens is 231 g/mol. The van der Waals surface area contributed by atoms with Crippen molar-refractivity contribution in [2.24, 2.45) is 17.8 Å². The number of hydrogen-bond acceptors (Lipinski definition) is 1. The summed E-state index contributed by atoms with van der Waals surface area (Å²) in [4.78, 5) is 10.3. The molecule has 2 nitrogen and oxygen atoms in total. The number of hydrogen-bond donors (Lipinski definition) is 1. The first kappa shape index (κ1) is 15.2. The summed E-state index contributed by atoms with van der Waals surface area (Å²) in [5, 5.41) is 0. The van der Waals surface area contributed by atoms with Crippen molar-refractivity contribution in [1.29, 1.82) is 0 Å². The van der Waals surface area contributed by atoms with Gasteiger partial charge in [-0.25, -0.2) is 0 Å². The SMILES string of the molecule is CC(C)CCCP(=O)(O)C1CCC(C)CC1C. The van der Waals surface area contributed by atoms with Crippen molar-refractivity contribution < 1.29 is 9.46 Å². The zero-order valence-electron chi connectivity index (χ0n) is 11.9. The van der Waals surface area contributed by atoms with Crippen LogP contribution in [0, 0.1) is 17.8 Å². The van der Waals surface area contributed by atoms with E-state index in [1.54, 1.807) is 0 Å². The number of rotatable bonds is 5. The molecule has 4 atom stereocenters. The highest BCUT2D eigenvalue weighted by molar-refractivity contribution is 7.58. The molecule has 1 rings (SSSR count). The monoisotopic (exact) mass is 260 g/mol. The zero-order chi connectivity index (χ0) is 13.1. The Hall–Kier alpha value is 0.190. The average Bonchev–Trinajstić information content (AvgIpc) is 2.15. The molecule has 4 unspecified atom stereocenters. The van der Waals surface area contributed by atoms with E-state index in [-0.39, 0.29) is 5.66 Å². The van der Waals surface area contributed by atoms with Gasteiger partial charge in [0.1, 0.15) is 0 Å². The van der Waals surface area contributed by atoms with Gasteiger partial charge in [0, 0.05) is 11.8 Å². The molecule has 0 aliphatic heterocycles. The zero-order valence-corrected chi connectivity index (χ0v) is 12.7. The van der Waals surface area contributed by atoms with Gasteiger partial charge in [0.05, 0.1) is 0 Å². The van der Waals surface area contributed by atoms with Crippen LogP contribution in [-0.4, -0.2) is 16.7 Å². The molecule has 17 heavy (non-hydrogen) atoms. The maximum atomic E-state index is 12.4. The summed E-state index contributed by atoms with van der Waals surface area (Å²) in [7, 11) is -2.91. The van der Waals surface area contributed by atoms with Gasteiger partial charge < -0.3 is 4.89 Å². The largest absolute Gasteiger partial charge is 0.344 e. The molecule has 0 spiro atoms. The van der Waals surface area contributed by atoms with Crippen LogP contribution in [-0.2, 0) is 4.57 Å². The van der Waals surface area contributed by atoms with E-state index in [9.17, 15) is 9.46 Å². The minimum atomic E-state index is -2.91. The van der Waals surface area contributed by atoms with Gasteiger partial charge in [-0.1, -0.05) is 34.1 Å². The third-order valence-electron chi connectivity index (χ3n) is 4.16. The second kappa shape index (κ2) is 6.38. The van der Waals surface area contributed by atoms with Crippen LogP contribution in [0.1, 0.15) is 59.8 Å². The standard InChI is InChI=1S/C14H29O2P/c1-11(2)6-5-9-17(15,16)14-8-7-12(3)10-13(14)4/h11-14H,5-10H2,1-4H3,(H,15,16). The molecule has 0 aromatic heterocycles. The van der Waals surface area contributed by atoms with E-state index in [1.165, 1.54) is 0 Å². The Labute approximate surface area is 107 Å². The Balaban J connectivity index is 2.48. The van der Waals surface area contributed by atoms with Gasteiger partial charge in [0.2, 0.25) is 7.37 Å². The van der Waals surface area contributed by atoms with Crippen molar-refractivity contribution in [2.75, 3.05) is 6.16 Å². The molecule has 0 aromatic carbocycles. The van der Waals surface area contributed by atoms with E-state index in [2.05, 4.69) is 27.7 Å². The minimum absolute atomic E-state index is 0.0749. The highest BCUT2D eigenvalue weighted by Gasteiger charge is 2.37. The van der Waals surface area contributed by atoms with Crippen LogP contribution in [0.25, 0.3) is 0 Å². The minimum Gasteiger partial charge on any atom is -0.344 e. The van der Waals surface area contributed by atoms with Crippen LogP contribution in [0.3, 0.4) is 0 Å². The molecule has 0 bridgehead atoms. The van der Waals surface area contributed by atoms with Crippen molar-refractivity contribution in [3.05, 3.63) is 0 Å². The fourth-order valence-corrected chi connectivity index (χ4v) is 5.58. The summed E-state index contributed by atoms with van der Waals surface area (Å²) in [6.45, 7) is 8.76. The van der Waals surface area contributed by atoms with Crippen molar-refractivity contribution in [3.8, 4) is 0 Å². The lowest BCUT2D eigenvalue weighted by atomic mass is 9.83. The Morgan fingerprint density at radius 2 is 1.94 bits per heavy atom. The molecule has 0 radical (unpaired) electrons. The van der Waals surface area contributed by atoms with Crippen molar-refractivity contribution >= 4 is 7.37 Å². The molecule has 0 saturated heterocycles. The predicted molar refractivity (Wildman–Crippen MR) is 74.7 cm³/mol. The van der Waals surface area contributed by atoms with E-state index >= 15 is 0 Å². The fraction of sp³-hybridized carbons (Fsp3) is 1.00. The highest BCUT2D eigenvalue weighted by atomic mass is 31.2. The molecular formula is C14H29O2P. The maximum Gasteiger partial charge on any atom is 0.203 e. The van der Waals surface area contributed by atoms with Gasteiger partial charge in [-0.3, -0.25) is 4.57 Å². The lowest BCUT2D eigenvalue weighted by Crippen LogP contribution is -2.27. The first-order valence-corrected chi connectivity index (χ1v) is 9.05. The van der Waals surface area contributed by atoms with E-state index in [1.807, 2.05) is 0 Å². The molecule has 102 valence electrons. The Kier molecular flexibility index (Phi) is 5.73. The first-order chi connectivity index (χ1) is 7.83. The molecule has 1 saturated carbocycles. The third kappa shape index (κ3) is 4.75. The van der Waals surface area contributed by atoms with Gasteiger partial charge >= 0.3 is 0 Å². The molecule has 0 amide bonds. The second-order valence-corrected chi connectivity index (χ2v) is 9.10. The quantitative estimate of drug-likeness (QED) is 0.738. The predicted octanol–water partition coefficient (Wildman–Crippen LogP) is 4.52. The molecule has 1 aliphatic rings. The van der Waals surface area contributed by atoms with Crippen LogP contribution in [0.5, 0.6) is 0 Å². The van der Waals surface area contributed by atoms with E-state index in [0.29, 0.717) is 18.0 Å². The van der Waals surface area contributed by atoms with Gasteiger partial charge in [-0.05, 0) is 43.4 Å². The second-order valence-electron chi connectivity index (χ2n) is 6.48. The van der Waals surface area contributed by atoms with Gasteiger partial charge in [-0.15, -0.1) is 0 Å². The van der Waals surface area contributed by atoms with Crippen LogP contribution in [0.4, 0.5) is 0 Å². The molecule has 1 aliphatic carbocycles. The first-order valence-electron chi connectivity index (χ1n) is 7.14. The smallest absolute Gasteiger partial charge is 0.203 e. The van der Waals surface area contributed by atoms with Gasteiger partial charge in [0.25, 0.3) is 0 Å². The van der Waals surface area contributed by atoms with Crippen LogP contribution >= 0.6 is 7.37 Å². The highest BCUT2D eigenvalue weighted by Crippen LogP contribution is 2.55. The summed E-state index contributed by atoms with van der Waals surface area (Å²) >= 11 is 0. The van der Waals surface area contributed by atoms with Gasteiger partial charge in [0.15, 0.2) is 0 Å². The van der Waals surface area contributed by atoms with Crippen LogP contribution in [0.15, 0.2) is 0 Å². The lowest BCUT2D eigenvalue weighted by molar-refractivity contribution is 0.287. The molecule has 3 heteroatoms. The van der Waals surface area contributed by atoms with Crippen molar-refractivity contribution in [3.63, 3.8) is 0 Å². The lowest BCUT2D eigenvalue weighted by Gasteiger charge is -2.35. The normalized spacial score (nSPS) is 33.6. The Bertz CT molecular complexity index is 275. The Morgan fingerprint density at radius 1 is 1.29 bits per heavy atom. The molecule has 1 N–H and O–H groups in total. The third-order valence-corrected chi connectivity index (χ3v) is 6.93. The topological polar surface area (TPSA) is 37.3 Å². The van der Waals surface area contributed by atoms with Gasteiger partial charge in [-0.2, -0.15) is 0 Å². The Morgan fingerprint density at radius 3 is 2.47 bits per heavy atom. The van der Waals surface area contributed by atoms with E-state index in [4.69, 9.17) is 0 Å². The maximum absolute atomic E-state index is 12.4. The van der Waals surface area contributed by atoms with Crippen molar-refractivity contribution in [1.82, 2.24) is 0 Å². The average molecular weight is 260 g/mol. The summed E-state index contributed by atoms with van der Waals surface area (Å²) in [6.07, 6.45) is 5.72. The summed E-state index contributed by atoms with van der Waals surface area (Å²) < 4.78 is 12.4. The molecule has 1 fully saturated rings. The summed E-state index contributed by atoms with van der Waals surface area (Å²) in [5.41, 5.74) is 0.0749. The molecule has 0 heterocycles. The summed E-state index contributed by atoms with van der Waals surface area (Å²) in [5.74, 6) is 1.80. The summed E-state index contributed by atoms with van der Waals surface area (Å²) in [6, 6.07) is 0. The van der Waals surface area contributed by atoms with E-state index in [0.717, 1.165) is 38.0 Å². The van der Waals surface area contributed by atoms with E-state index < -0.39 is 7.37 Å². The van der Waals surface area contributed by atoms with Crippen LogP contribution < -0.4 is 0 Å². The fourth-order valence-electron chi connectivity index (χ4n) is 3.14.